The van der Waals surface area contributed by atoms with Gasteiger partial charge in [0.2, 0.25) is 0 Å². The van der Waals surface area contributed by atoms with E-state index in [0.717, 1.165) is 16.8 Å². The Morgan fingerprint density at radius 3 is 3.05 bits per heavy atom. The highest BCUT2D eigenvalue weighted by atomic mass is 16.2. The second-order valence-electron chi connectivity index (χ2n) is 5.38. The van der Waals surface area contributed by atoms with Gasteiger partial charge in [0, 0.05) is 29.5 Å². The molecule has 0 saturated heterocycles. The number of carbonyl (C=O) groups is 2. The molecule has 1 aliphatic carbocycles. The number of hydrogen-bond acceptors (Lipinski definition) is 5. The number of carbonyl (C=O) groups excluding carboxylic acids is 2. The number of allylic oxidation sites excluding steroid dienone is 1. The third kappa shape index (κ3) is 2.06. The molecule has 0 aromatic heterocycles. The molecule has 1 atom stereocenters. The Balaban J connectivity index is 2.21. The van der Waals surface area contributed by atoms with Crippen LogP contribution in [0.2, 0.25) is 0 Å². The molecule has 1 radical (unpaired) electrons. The Morgan fingerprint density at radius 1 is 1.62 bits per heavy atom. The average Bonchev–Trinajstić information content (AvgIpc) is 2.58. The molecular weight excluding hydrogens is 270 g/mol. The fraction of sp³-hybridized carbons (Fsp3) is 0.357. The van der Waals surface area contributed by atoms with Crippen molar-refractivity contribution in [2.24, 2.45) is 10.8 Å². The molecule has 2 heterocycles. The first-order chi connectivity index (χ1) is 10.0. The van der Waals surface area contributed by atoms with Crippen LogP contribution in [0.5, 0.6) is 0 Å². The molecule has 3 aliphatic rings. The highest BCUT2D eigenvalue weighted by molar-refractivity contribution is 6.07. The fourth-order valence-electron chi connectivity index (χ4n) is 2.89. The summed E-state index contributed by atoms with van der Waals surface area (Å²) < 4.78 is 0. The highest BCUT2D eigenvalue weighted by Gasteiger charge is 2.42. The number of Topliss-reactive ketones (excluding diaryl/α,β-unsaturated/α-hetero) is 1. The Bertz CT molecular complexity index is 642. The van der Waals surface area contributed by atoms with E-state index in [0.29, 0.717) is 18.7 Å². The van der Waals surface area contributed by atoms with Crippen LogP contribution in [0.25, 0.3) is 0 Å². The van der Waals surface area contributed by atoms with Crippen molar-refractivity contribution in [1.82, 2.24) is 15.2 Å². The lowest BCUT2D eigenvalue weighted by atomic mass is 9.89. The standard InChI is InChI=1S/C14H16N5O2/c1-18(2)7-11-8-5-16-17-6-9-12(20)4-3-10(13(8)9)19(11)14(15)21/h3,5,10,17H,6-7H2,1-2H3,(H2,15,21). The van der Waals surface area contributed by atoms with Crippen LogP contribution in [-0.2, 0) is 4.79 Å². The molecule has 0 aromatic rings. The third-order valence-electron chi connectivity index (χ3n) is 3.68. The molecule has 109 valence electrons. The minimum absolute atomic E-state index is 0.174. The van der Waals surface area contributed by atoms with Gasteiger partial charge in [0.1, 0.15) is 0 Å². The normalized spacial score (nSPS) is 23.7. The van der Waals surface area contributed by atoms with Crippen molar-refractivity contribution in [1.29, 1.82) is 0 Å². The maximum Gasteiger partial charge on any atom is 0.319 e. The van der Waals surface area contributed by atoms with Gasteiger partial charge in [0.15, 0.2) is 5.78 Å². The van der Waals surface area contributed by atoms with Crippen molar-refractivity contribution in [3.63, 3.8) is 0 Å². The molecule has 0 fully saturated rings. The van der Waals surface area contributed by atoms with E-state index in [1.807, 2.05) is 19.0 Å². The number of nitrogens with two attached hydrogens (primary N) is 1. The van der Waals surface area contributed by atoms with Gasteiger partial charge in [-0.1, -0.05) is 0 Å². The van der Waals surface area contributed by atoms with Crippen molar-refractivity contribution < 1.29 is 9.59 Å². The van der Waals surface area contributed by atoms with Gasteiger partial charge in [-0.25, -0.2) is 4.79 Å². The number of hydrogen-bond donors (Lipinski definition) is 2. The molecule has 3 rings (SSSR count). The van der Waals surface area contributed by atoms with E-state index in [-0.39, 0.29) is 11.8 Å². The van der Waals surface area contributed by atoms with Gasteiger partial charge < -0.3 is 16.1 Å². The van der Waals surface area contributed by atoms with Crippen LogP contribution < -0.4 is 11.2 Å². The van der Waals surface area contributed by atoms with E-state index in [1.165, 1.54) is 4.90 Å². The maximum absolute atomic E-state index is 12.0. The minimum atomic E-state index is -0.543. The van der Waals surface area contributed by atoms with Crippen LogP contribution in [-0.4, -0.2) is 61.1 Å². The van der Waals surface area contributed by atoms with Gasteiger partial charge in [-0.15, -0.1) is 0 Å². The molecule has 2 amide bonds. The summed E-state index contributed by atoms with van der Waals surface area (Å²) in [6, 6.07) is -0.912. The zero-order valence-electron chi connectivity index (χ0n) is 11.9. The van der Waals surface area contributed by atoms with Crippen LogP contribution in [0.15, 0.2) is 33.6 Å². The Labute approximate surface area is 122 Å². The molecule has 7 nitrogen and oxygen atoms in total. The zero-order valence-corrected chi connectivity index (χ0v) is 11.9. The molecule has 0 bridgehead atoms. The van der Waals surface area contributed by atoms with Gasteiger partial charge in [-0.05, 0) is 25.7 Å². The average molecular weight is 286 g/mol. The SMILES string of the molecule is CN(C)CC1=C2C=NNCC3=C2C(C=[C]C3=O)N1C(N)=O. The summed E-state index contributed by atoms with van der Waals surface area (Å²) in [5.41, 5.74) is 11.3. The fourth-order valence-corrected chi connectivity index (χ4v) is 2.89. The number of primary amides is 1. The van der Waals surface area contributed by atoms with Gasteiger partial charge in [0.05, 0.1) is 18.8 Å². The molecule has 0 saturated carbocycles. The van der Waals surface area contributed by atoms with E-state index in [1.54, 1.807) is 12.3 Å². The van der Waals surface area contributed by atoms with Crippen molar-refractivity contribution >= 4 is 18.0 Å². The summed E-state index contributed by atoms with van der Waals surface area (Å²) in [6.45, 7) is 0.854. The summed E-state index contributed by atoms with van der Waals surface area (Å²) in [4.78, 5) is 27.4. The minimum Gasteiger partial charge on any atom is -0.351 e. The topological polar surface area (TPSA) is 91.0 Å². The molecule has 0 aromatic carbocycles. The maximum atomic E-state index is 12.0. The molecule has 0 spiro atoms. The second kappa shape index (κ2) is 4.85. The Hall–Kier alpha value is -2.41. The Kier molecular flexibility index (Phi) is 3.13. The van der Waals surface area contributed by atoms with Crippen molar-refractivity contribution in [2.45, 2.75) is 6.04 Å². The first-order valence-electron chi connectivity index (χ1n) is 6.60. The van der Waals surface area contributed by atoms with Gasteiger partial charge in [-0.3, -0.25) is 9.69 Å². The predicted octanol–water partition coefficient (Wildman–Crippen LogP) is -0.607. The van der Waals surface area contributed by atoms with E-state index in [4.69, 9.17) is 5.73 Å². The Morgan fingerprint density at radius 2 is 2.38 bits per heavy atom. The van der Waals surface area contributed by atoms with Gasteiger partial charge in [-0.2, -0.15) is 5.10 Å². The van der Waals surface area contributed by atoms with E-state index < -0.39 is 6.03 Å². The zero-order chi connectivity index (χ0) is 15.1. The number of rotatable bonds is 2. The highest BCUT2D eigenvalue weighted by Crippen LogP contribution is 2.38. The predicted molar refractivity (Wildman–Crippen MR) is 77.1 cm³/mol. The van der Waals surface area contributed by atoms with Crippen LogP contribution in [0.1, 0.15) is 0 Å². The molecule has 2 aliphatic heterocycles. The smallest absolute Gasteiger partial charge is 0.319 e. The molecule has 3 N–H and O–H groups in total. The number of nitrogens with zero attached hydrogens (tertiary/aromatic N) is 3. The lowest BCUT2D eigenvalue weighted by Crippen LogP contribution is -2.42. The van der Waals surface area contributed by atoms with Crippen LogP contribution in [0.4, 0.5) is 4.79 Å². The summed E-state index contributed by atoms with van der Waals surface area (Å²) in [6.07, 6.45) is 5.95. The molecular formula is C14H16N5O2. The lowest BCUT2D eigenvalue weighted by Gasteiger charge is -2.27. The number of ketones is 1. The van der Waals surface area contributed by atoms with Crippen LogP contribution >= 0.6 is 0 Å². The second-order valence-corrected chi connectivity index (χ2v) is 5.38. The van der Waals surface area contributed by atoms with Crippen LogP contribution in [0, 0.1) is 6.08 Å². The monoisotopic (exact) mass is 286 g/mol. The van der Waals surface area contributed by atoms with Gasteiger partial charge in [0.25, 0.3) is 0 Å². The molecule has 21 heavy (non-hydrogen) atoms. The summed E-state index contributed by atoms with van der Waals surface area (Å²) >= 11 is 0. The van der Waals surface area contributed by atoms with Gasteiger partial charge >= 0.3 is 6.03 Å². The van der Waals surface area contributed by atoms with E-state index in [9.17, 15) is 9.59 Å². The van der Waals surface area contributed by atoms with Crippen molar-refractivity contribution in [3.05, 3.63) is 34.6 Å². The number of likely N-dealkylation sites (N-methyl/N-ethyl adjacent to an activating group) is 1. The van der Waals surface area contributed by atoms with Crippen LogP contribution in [0.3, 0.4) is 0 Å². The molecule has 7 heteroatoms. The summed E-state index contributed by atoms with van der Waals surface area (Å²) in [5, 5.41) is 4.09. The number of hydrazone groups is 1. The first-order valence-corrected chi connectivity index (χ1v) is 6.60. The largest absolute Gasteiger partial charge is 0.351 e. The lowest BCUT2D eigenvalue weighted by molar-refractivity contribution is -0.112. The third-order valence-corrected chi connectivity index (χ3v) is 3.68. The first kappa shape index (κ1) is 13.6. The summed E-state index contributed by atoms with van der Waals surface area (Å²) in [7, 11) is 3.81. The summed E-state index contributed by atoms with van der Waals surface area (Å²) in [5.74, 6) is -0.174. The van der Waals surface area contributed by atoms with Crippen molar-refractivity contribution in [2.75, 3.05) is 27.2 Å². The number of amides is 2. The van der Waals surface area contributed by atoms with E-state index >= 15 is 0 Å². The van der Waals surface area contributed by atoms with E-state index in [2.05, 4.69) is 16.6 Å². The quantitative estimate of drug-likeness (QED) is 0.708. The number of nitrogens with one attached hydrogen (secondary N) is 1. The number of urea groups is 1. The molecule has 1 unspecified atom stereocenters. The van der Waals surface area contributed by atoms with Crippen molar-refractivity contribution in [3.8, 4) is 0 Å².